The van der Waals surface area contributed by atoms with E-state index in [0.29, 0.717) is 22.2 Å². The zero-order chi connectivity index (χ0) is 21.0. The van der Waals surface area contributed by atoms with Gasteiger partial charge in [0.25, 0.3) is 11.5 Å². The van der Waals surface area contributed by atoms with Crippen LogP contribution in [0.1, 0.15) is 28.5 Å². The van der Waals surface area contributed by atoms with Crippen LogP contribution in [0.15, 0.2) is 53.5 Å². The van der Waals surface area contributed by atoms with E-state index in [4.69, 9.17) is 16.3 Å². The molecule has 0 aliphatic carbocycles. The highest BCUT2D eigenvalue weighted by Gasteiger charge is 2.21. The maximum Gasteiger partial charge on any atom is 0.305 e. The summed E-state index contributed by atoms with van der Waals surface area (Å²) in [4.78, 5) is 40.1. The Morgan fingerprint density at radius 3 is 2.59 bits per heavy atom. The van der Waals surface area contributed by atoms with E-state index < -0.39 is 23.5 Å². The predicted octanol–water partition coefficient (Wildman–Crippen LogP) is 2.17. The van der Waals surface area contributed by atoms with Gasteiger partial charge >= 0.3 is 5.97 Å². The standard InChI is InChI=1S/C19H17ClN4O5/c1-29-16-7-2-11(10-21-16)14(9-18(26)27)22-19(28)15-8-17(25)24(23-15)13-5-3-12(20)4-6-13/h2-8,10,14,23H,9H2,1H3,(H,22,28)(H,26,27)/t14-/m0/s1. The maximum atomic E-state index is 12.6. The van der Waals surface area contributed by atoms with Gasteiger partial charge in [0.2, 0.25) is 5.88 Å². The van der Waals surface area contributed by atoms with Crippen molar-refractivity contribution in [2.24, 2.45) is 0 Å². The van der Waals surface area contributed by atoms with E-state index in [1.165, 1.54) is 18.0 Å². The fourth-order valence-corrected chi connectivity index (χ4v) is 2.80. The molecule has 3 aromatic rings. The van der Waals surface area contributed by atoms with Crippen molar-refractivity contribution in [3.8, 4) is 11.6 Å². The number of benzene rings is 1. The molecular weight excluding hydrogens is 400 g/mol. The van der Waals surface area contributed by atoms with Gasteiger partial charge in [0, 0.05) is 23.4 Å². The van der Waals surface area contributed by atoms with Crippen LogP contribution in [0.2, 0.25) is 5.02 Å². The number of carbonyl (C=O) groups is 2. The number of amides is 1. The number of H-pyrrole nitrogens is 1. The maximum absolute atomic E-state index is 12.6. The molecule has 0 aliphatic heterocycles. The molecule has 1 atom stereocenters. The number of aliphatic carboxylic acids is 1. The molecule has 2 heterocycles. The van der Waals surface area contributed by atoms with Crippen LogP contribution in [0.5, 0.6) is 5.88 Å². The van der Waals surface area contributed by atoms with Crippen molar-refractivity contribution < 1.29 is 19.4 Å². The molecule has 29 heavy (non-hydrogen) atoms. The van der Waals surface area contributed by atoms with Crippen molar-refractivity contribution in [2.45, 2.75) is 12.5 Å². The Morgan fingerprint density at radius 1 is 1.28 bits per heavy atom. The topological polar surface area (TPSA) is 126 Å². The van der Waals surface area contributed by atoms with Crippen LogP contribution >= 0.6 is 11.6 Å². The van der Waals surface area contributed by atoms with E-state index >= 15 is 0 Å². The molecule has 1 amide bonds. The summed E-state index contributed by atoms with van der Waals surface area (Å²) >= 11 is 5.85. The second kappa shape index (κ2) is 8.61. The molecule has 10 heteroatoms. The lowest BCUT2D eigenvalue weighted by molar-refractivity contribution is -0.137. The summed E-state index contributed by atoms with van der Waals surface area (Å²) in [5.41, 5.74) is 0.529. The number of pyridine rings is 1. The molecule has 0 bridgehead atoms. The lowest BCUT2D eigenvalue weighted by Gasteiger charge is -2.17. The van der Waals surface area contributed by atoms with Crippen molar-refractivity contribution in [1.29, 1.82) is 0 Å². The van der Waals surface area contributed by atoms with E-state index in [-0.39, 0.29) is 12.1 Å². The summed E-state index contributed by atoms with van der Waals surface area (Å²) in [6.45, 7) is 0. The van der Waals surface area contributed by atoms with Crippen LogP contribution in [-0.2, 0) is 4.79 Å². The van der Waals surface area contributed by atoms with Gasteiger partial charge in [-0.15, -0.1) is 0 Å². The van der Waals surface area contributed by atoms with E-state index in [0.717, 1.165) is 6.07 Å². The third-order valence-electron chi connectivity index (χ3n) is 4.10. The molecule has 2 aromatic heterocycles. The first-order chi connectivity index (χ1) is 13.9. The van der Waals surface area contributed by atoms with E-state index in [1.807, 2.05) is 0 Å². The summed E-state index contributed by atoms with van der Waals surface area (Å²) < 4.78 is 6.17. The average molecular weight is 417 g/mol. The van der Waals surface area contributed by atoms with Crippen molar-refractivity contribution in [2.75, 3.05) is 7.11 Å². The molecule has 0 saturated heterocycles. The van der Waals surface area contributed by atoms with Crippen molar-refractivity contribution in [3.63, 3.8) is 0 Å². The highest BCUT2D eigenvalue weighted by atomic mass is 35.5. The van der Waals surface area contributed by atoms with Gasteiger partial charge in [-0.3, -0.25) is 19.5 Å². The summed E-state index contributed by atoms with van der Waals surface area (Å²) in [7, 11) is 1.46. The van der Waals surface area contributed by atoms with Gasteiger partial charge < -0.3 is 15.2 Å². The lowest BCUT2D eigenvalue weighted by Crippen LogP contribution is -2.30. The number of carboxylic acids is 1. The minimum Gasteiger partial charge on any atom is -0.481 e. The third-order valence-corrected chi connectivity index (χ3v) is 4.36. The van der Waals surface area contributed by atoms with Gasteiger partial charge in [-0.25, -0.2) is 9.67 Å². The summed E-state index contributed by atoms with van der Waals surface area (Å²) in [5.74, 6) is -1.37. The SMILES string of the molecule is COc1ccc([C@H](CC(=O)O)NC(=O)c2cc(=O)n(-c3ccc(Cl)cc3)[nH]2)cn1. The normalized spacial score (nSPS) is 11.7. The molecule has 0 aliphatic rings. The van der Waals surface area contributed by atoms with E-state index in [9.17, 15) is 19.5 Å². The Labute approximate surface area is 169 Å². The number of carbonyl (C=O) groups excluding carboxylic acids is 1. The molecule has 0 radical (unpaired) electrons. The number of nitrogens with one attached hydrogen (secondary N) is 2. The number of ether oxygens (including phenoxy) is 1. The molecule has 3 N–H and O–H groups in total. The van der Waals surface area contributed by atoms with Gasteiger partial charge in [0.1, 0.15) is 5.69 Å². The van der Waals surface area contributed by atoms with E-state index in [2.05, 4.69) is 15.4 Å². The number of rotatable bonds is 7. The Balaban J connectivity index is 1.84. The number of hydrogen-bond donors (Lipinski definition) is 3. The highest BCUT2D eigenvalue weighted by Crippen LogP contribution is 2.19. The number of aromatic nitrogens is 3. The second-order valence-corrected chi connectivity index (χ2v) is 6.51. The highest BCUT2D eigenvalue weighted by molar-refractivity contribution is 6.30. The van der Waals surface area contributed by atoms with Gasteiger partial charge in [-0.2, -0.15) is 0 Å². The first-order valence-electron chi connectivity index (χ1n) is 8.48. The molecule has 0 spiro atoms. The fraction of sp³-hybridized carbons (Fsp3) is 0.158. The Bertz CT molecular complexity index is 1070. The predicted molar refractivity (Wildman–Crippen MR) is 105 cm³/mol. The quantitative estimate of drug-likeness (QED) is 0.541. The number of halogens is 1. The minimum atomic E-state index is -1.10. The summed E-state index contributed by atoms with van der Waals surface area (Å²) in [6.07, 6.45) is 1.07. The molecular formula is C19H17ClN4O5. The van der Waals surface area contributed by atoms with Gasteiger partial charge in [-0.05, 0) is 29.8 Å². The number of carboxylic acid groups (broad SMARTS) is 1. The van der Waals surface area contributed by atoms with E-state index in [1.54, 1.807) is 36.4 Å². The zero-order valence-electron chi connectivity index (χ0n) is 15.3. The monoisotopic (exact) mass is 416 g/mol. The van der Waals surface area contributed by atoms with Crippen LogP contribution in [0.4, 0.5) is 0 Å². The Morgan fingerprint density at radius 2 is 2.00 bits per heavy atom. The summed E-state index contributed by atoms with van der Waals surface area (Å²) in [6, 6.07) is 9.94. The molecule has 0 unspecified atom stereocenters. The smallest absolute Gasteiger partial charge is 0.305 e. The number of hydrogen-bond acceptors (Lipinski definition) is 5. The van der Waals surface area contributed by atoms with Crippen LogP contribution in [0.3, 0.4) is 0 Å². The molecule has 9 nitrogen and oxygen atoms in total. The van der Waals surface area contributed by atoms with Crippen molar-refractivity contribution in [1.82, 2.24) is 20.1 Å². The molecule has 1 aromatic carbocycles. The Kier molecular flexibility index (Phi) is 5.99. The number of methoxy groups -OCH3 is 1. The molecule has 150 valence electrons. The molecule has 0 saturated carbocycles. The minimum absolute atomic E-state index is 0.0122. The molecule has 3 rings (SSSR count). The largest absolute Gasteiger partial charge is 0.481 e. The van der Waals surface area contributed by atoms with Gasteiger partial charge in [-0.1, -0.05) is 17.7 Å². The van der Waals surface area contributed by atoms with Gasteiger partial charge in [0.15, 0.2) is 0 Å². The first-order valence-corrected chi connectivity index (χ1v) is 8.86. The molecule has 0 fully saturated rings. The van der Waals surface area contributed by atoms with Crippen LogP contribution in [0.25, 0.3) is 5.69 Å². The number of aromatic amines is 1. The van der Waals surface area contributed by atoms with Crippen LogP contribution in [0, 0.1) is 0 Å². The Hall–Kier alpha value is -3.59. The van der Waals surface area contributed by atoms with Crippen LogP contribution < -0.4 is 15.6 Å². The lowest BCUT2D eigenvalue weighted by atomic mass is 10.1. The first kappa shape index (κ1) is 20.2. The second-order valence-electron chi connectivity index (χ2n) is 6.08. The fourth-order valence-electron chi connectivity index (χ4n) is 2.68. The summed E-state index contributed by atoms with van der Waals surface area (Å²) in [5, 5.41) is 15.0. The number of nitrogens with zero attached hydrogens (tertiary/aromatic N) is 2. The van der Waals surface area contributed by atoms with Crippen molar-refractivity contribution >= 4 is 23.5 Å². The van der Waals surface area contributed by atoms with Crippen LogP contribution in [-0.4, -0.2) is 38.9 Å². The zero-order valence-corrected chi connectivity index (χ0v) is 16.0. The third kappa shape index (κ3) is 4.82. The van der Waals surface area contributed by atoms with Gasteiger partial charge in [0.05, 0.1) is 25.3 Å². The van der Waals surface area contributed by atoms with Crippen molar-refractivity contribution in [3.05, 3.63) is 75.3 Å². The average Bonchev–Trinajstić information content (AvgIpc) is 3.09.